The highest BCUT2D eigenvalue weighted by atomic mass is 35.5. The topological polar surface area (TPSA) is 114 Å². The molecule has 0 saturated carbocycles. The maximum Gasteiger partial charge on any atom is 0.228 e. The van der Waals surface area contributed by atoms with E-state index in [2.05, 4.69) is 10.2 Å². The number of ether oxygens (including phenoxy) is 1. The number of nitrogens with two attached hydrogens (primary N) is 1. The average Bonchev–Trinajstić information content (AvgIpc) is 3.27. The first-order valence-corrected chi connectivity index (χ1v) is 11.4. The van der Waals surface area contributed by atoms with E-state index in [4.69, 9.17) is 32.0 Å². The summed E-state index contributed by atoms with van der Waals surface area (Å²) >= 11 is 6.54. The number of amides is 1. The molecule has 0 aliphatic carbocycles. The number of anilines is 2. The molecule has 8 nitrogen and oxygen atoms in total. The van der Waals surface area contributed by atoms with Gasteiger partial charge >= 0.3 is 0 Å². The van der Waals surface area contributed by atoms with Gasteiger partial charge in [0.25, 0.3) is 0 Å². The van der Waals surface area contributed by atoms with E-state index >= 15 is 0 Å². The third kappa shape index (κ3) is 3.99. The van der Waals surface area contributed by atoms with E-state index in [0.717, 1.165) is 42.9 Å². The van der Waals surface area contributed by atoms with Gasteiger partial charge in [-0.3, -0.25) is 4.79 Å². The fourth-order valence-corrected chi connectivity index (χ4v) is 5.49. The van der Waals surface area contributed by atoms with Crippen molar-refractivity contribution >= 4 is 29.0 Å². The van der Waals surface area contributed by atoms with Crippen LogP contribution in [0.2, 0.25) is 5.02 Å². The largest absolute Gasteiger partial charge is 0.390 e. The minimum Gasteiger partial charge on any atom is -0.390 e. The third-order valence-corrected chi connectivity index (χ3v) is 7.56. The summed E-state index contributed by atoms with van der Waals surface area (Å²) in [5.74, 6) is 0.654. The van der Waals surface area contributed by atoms with Crippen LogP contribution in [0.4, 0.5) is 11.5 Å². The Labute approximate surface area is 199 Å². The molecule has 33 heavy (non-hydrogen) atoms. The number of aromatic nitrogens is 2. The molecule has 1 aromatic carbocycles. The lowest BCUT2D eigenvalue weighted by molar-refractivity contribution is -0.115. The predicted octanol–water partition coefficient (Wildman–Crippen LogP) is 3.06. The van der Waals surface area contributed by atoms with Crippen LogP contribution in [0.25, 0.3) is 11.3 Å². The number of hydrogen-bond acceptors (Lipinski definition) is 7. The van der Waals surface area contributed by atoms with Gasteiger partial charge in [-0.25, -0.2) is 9.97 Å². The summed E-state index contributed by atoms with van der Waals surface area (Å²) in [5, 5.41) is 13.5. The van der Waals surface area contributed by atoms with Crippen LogP contribution in [0, 0.1) is 12.3 Å². The number of aliphatic hydroxyl groups excluding tert-OH is 1. The maximum absolute atomic E-state index is 11.7. The van der Waals surface area contributed by atoms with E-state index in [1.807, 2.05) is 19.9 Å². The van der Waals surface area contributed by atoms with Crippen molar-refractivity contribution in [2.24, 2.45) is 11.1 Å². The molecule has 1 aromatic heterocycles. The average molecular weight is 474 g/mol. The van der Waals surface area contributed by atoms with Crippen molar-refractivity contribution in [2.45, 2.75) is 59.3 Å². The zero-order chi connectivity index (χ0) is 22.6. The number of hydrogen-bond donors (Lipinski definition) is 3. The minimum absolute atomic E-state index is 0. The Bertz CT molecular complexity index is 1080. The highest BCUT2D eigenvalue weighted by molar-refractivity contribution is 6.33. The summed E-state index contributed by atoms with van der Waals surface area (Å²) < 4.78 is 5.83. The predicted molar refractivity (Wildman–Crippen MR) is 129 cm³/mol. The van der Waals surface area contributed by atoms with Gasteiger partial charge in [-0.1, -0.05) is 19.0 Å². The summed E-state index contributed by atoms with van der Waals surface area (Å²) in [7, 11) is 0. The first kappa shape index (κ1) is 23.9. The number of fused-ring (bicyclic) bond motifs is 1. The molecule has 0 radical (unpaired) electrons. The van der Waals surface area contributed by atoms with Gasteiger partial charge in [0.05, 0.1) is 42.1 Å². The molecule has 2 atom stereocenters. The molecule has 2 saturated heterocycles. The van der Waals surface area contributed by atoms with E-state index in [1.165, 1.54) is 0 Å². The minimum atomic E-state index is -0.226. The van der Waals surface area contributed by atoms with E-state index in [-0.39, 0.29) is 37.5 Å². The van der Waals surface area contributed by atoms with Gasteiger partial charge in [0.15, 0.2) is 5.82 Å². The molecule has 2 aromatic rings. The number of carbonyl (C=O) groups excluding carboxylic acids is 1. The zero-order valence-electron chi connectivity index (χ0n) is 18.3. The standard InChI is InChI=1S/C23H28ClN5O3.CH4/c1-12-20(15-9-17-14(7-16(15)24)8-19(31)27-17)28-18(10-30)22(26-12)29-5-3-23(4-6-29)11-32-13(2)21(23)25;/h7,9,13,21,30H,3-6,8,10-11,25H2,1-2H3,(H,27,31);1H4/t13-,21+;/m0./s1. The molecule has 2 fully saturated rings. The Morgan fingerprint density at radius 1 is 1.33 bits per heavy atom. The molecule has 5 rings (SSSR count). The summed E-state index contributed by atoms with van der Waals surface area (Å²) in [5.41, 5.74) is 10.6. The quantitative estimate of drug-likeness (QED) is 0.627. The van der Waals surface area contributed by atoms with E-state index in [1.54, 1.807) is 6.07 Å². The van der Waals surface area contributed by atoms with E-state index in [0.29, 0.717) is 40.8 Å². The Balaban J connectivity index is 0.00000259. The van der Waals surface area contributed by atoms with Crippen LogP contribution < -0.4 is 16.0 Å². The van der Waals surface area contributed by atoms with Gasteiger partial charge in [0, 0.05) is 35.8 Å². The molecule has 3 aliphatic rings. The van der Waals surface area contributed by atoms with Gasteiger partial charge in [-0.05, 0) is 44.4 Å². The van der Waals surface area contributed by atoms with Crippen LogP contribution in [0.15, 0.2) is 12.1 Å². The molecule has 0 unspecified atom stereocenters. The molecule has 9 heteroatoms. The van der Waals surface area contributed by atoms with E-state index in [9.17, 15) is 9.90 Å². The Morgan fingerprint density at radius 2 is 2.06 bits per heavy atom. The molecule has 178 valence electrons. The Kier molecular flexibility index (Phi) is 6.39. The fourth-order valence-electron chi connectivity index (χ4n) is 5.22. The number of aryl methyl sites for hydroxylation is 1. The van der Waals surface area contributed by atoms with E-state index < -0.39 is 0 Å². The van der Waals surface area contributed by atoms with Crippen molar-refractivity contribution in [3.63, 3.8) is 0 Å². The molecular weight excluding hydrogens is 442 g/mol. The van der Waals surface area contributed by atoms with Crippen molar-refractivity contribution in [2.75, 3.05) is 29.9 Å². The lowest BCUT2D eigenvalue weighted by Crippen LogP contribution is -2.51. The van der Waals surface area contributed by atoms with Gasteiger partial charge in [-0.2, -0.15) is 0 Å². The van der Waals surface area contributed by atoms with Gasteiger partial charge in [0.2, 0.25) is 5.91 Å². The number of aliphatic hydroxyl groups is 1. The number of benzene rings is 1. The normalized spacial score (nSPS) is 23.4. The number of carbonyl (C=O) groups is 1. The molecule has 1 amide bonds. The SMILES string of the molecule is C.Cc1nc(N2CCC3(CC2)CO[C@@H](C)[C@H]3N)c(CO)nc1-c1cc2c(cc1Cl)CC(=O)N2. The molecule has 3 aliphatic heterocycles. The lowest BCUT2D eigenvalue weighted by atomic mass is 9.73. The fraction of sp³-hybridized carbons (Fsp3) is 0.542. The second-order valence-electron chi connectivity index (χ2n) is 9.19. The highest BCUT2D eigenvalue weighted by Gasteiger charge is 2.47. The lowest BCUT2D eigenvalue weighted by Gasteiger charge is -2.42. The van der Waals surface area contributed by atoms with Crippen LogP contribution in [-0.4, -0.2) is 52.8 Å². The van der Waals surface area contributed by atoms with Crippen molar-refractivity contribution in [3.8, 4) is 11.3 Å². The molecular formula is C24H32ClN5O3. The number of halogens is 1. The number of nitrogens with zero attached hydrogens (tertiary/aromatic N) is 3. The van der Waals surface area contributed by atoms with Crippen molar-refractivity contribution in [3.05, 3.63) is 34.1 Å². The second kappa shape index (κ2) is 8.83. The summed E-state index contributed by atoms with van der Waals surface area (Å²) in [6, 6.07) is 3.68. The monoisotopic (exact) mass is 473 g/mol. The van der Waals surface area contributed by atoms with Crippen molar-refractivity contribution in [1.82, 2.24) is 9.97 Å². The Morgan fingerprint density at radius 3 is 2.70 bits per heavy atom. The number of nitrogens with one attached hydrogen (secondary N) is 1. The van der Waals surface area contributed by atoms with Gasteiger partial charge < -0.3 is 25.8 Å². The van der Waals surface area contributed by atoms with Crippen LogP contribution in [-0.2, 0) is 22.6 Å². The first-order chi connectivity index (χ1) is 15.3. The molecule has 4 N–H and O–H groups in total. The van der Waals surface area contributed by atoms with Crippen molar-refractivity contribution in [1.29, 1.82) is 0 Å². The molecule has 0 bridgehead atoms. The number of rotatable bonds is 3. The van der Waals surface area contributed by atoms with Crippen molar-refractivity contribution < 1.29 is 14.6 Å². The highest BCUT2D eigenvalue weighted by Crippen LogP contribution is 2.42. The molecule has 4 heterocycles. The first-order valence-electron chi connectivity index (χ1n) is 11.0. The number of piperidine rings is 1. The summed E-state index contributed by atoms with van der Waals surface area (Å²) in [4.78, 5) is 23.5. The van der Waals surface area contributed by atoms with Gasteiger partial charge in [-0.15, -0.1) is 0 Å². The van der Waals surface area contributed by atoms with Gasteiger partial charge in [0.1, 0.15) is 5.69 Å². The summed E-state index contributed by atoms with van der Waals surface area (Å²) in [6.45, 7) is 5.98. The van der Waals surface area contributed by atoms with Crippen LogP contribution in [0.1, 0.15) is 44.1 Å². The van der Waals surface area contributed by atoms with Crippen LogP contribution in [0.3, 0.4) is 0 Å². The Hall–Kier alpha value is -2.26. The molecule has 1 spiro atoms. The smallest absolute Gasteiger partial charge is 0.228 e. The second-order valence-corrected chi connectivity index (χ2v) is 9.60. The van der Waals surface area contributed by atoms with Crippen LogP contribution >= 0.6 is 11.6 Å². The third-order valence-electron chi connectivity index (χ3n) is 7.25. The zero-order valence-corrected chi connectivity index (χ0v) is 19.1. The van der Waals surface area contributed by atoms with Crippen LogP contribution in [0.5, 0.6) is 0 Å². The maximum atomic E-state index is 11.7. The summed E-state index contributed by atoms with van der Waals surface area (Å²) in [6.07, 6.45) is 2.24.